The van der Waals surface area contributed by atoms with Gasteiger partial charge in [0.1, 0.15) is 12.3 Å². The van der Waals surface area contributed by atoms with E-state index < -0.39 is 5.97 Å². The molecule has 6 heteroatoms. The Bertz CT molecular complexity index is 737. The molecule has 1 aliphatic rings. The van der Waals surface area contributed by atoms with Crippen LogP contribution in [0.2, 0.25) is 0 Å². The molecule has 2 aromatic rings. The first-order valence-corrected chi connectivity index (χ1v) is 10.2. The third-order valence-corrected chi connectivity index (χ3v) is 6.45. The van der Waals surface area contributed by atoms with E-state index in [1.165, 1.54) is 9.26 Å². The van der Waals surface area contributed by atoms with E-state index in [4.69, 9.17) is 14.9 Å². The van der Waals surface area contributed by atoms with E-state index in [-0.39, 0.29) is 6.61 Å². The second-order valence-electron chi connectivity index (χ2n) is 7.09. The molecule has 0 radical (unpaired) electrons. The highest BCUT2D eigenvalue weighted by molar-refractivity contribution is 14.1. The molecule has 0 amide bonds. The minimum absolute atomic E-state index is 0.187. The number of benzene rings is 1. The summed E-state index contributed by atoms with van der Waals surface area (Å²) in [5, 5.41) is 13.5. The van der Waals surface area contributed by atoms with Crippen molar-refractivity contribution in [2.24, 2.45) is 11.8 Å². The second-order valence-corrected chi connectivity index (χ2v) is 8.17. The molecule has 1 fully saturated rings. The topological polar surface area (TPSA) is 64.4 Å². The van der Waals surface area contributed by atoms with Crippen molar-refractivity contribution in [2.45, 2.75) is 39.2 Å². The number of halogens is 1. The van der Waals surface area contributed by atoms with Crippen molar-refractivity contribution in [3.05, 3.63) is 39.6 Å². The van der Waals surface area contributed by atoms with Crippen LogP contribution in [-0.4, -0.2) is 34.1 Å². The highest BCUT2D eigenvalue weighted by Gasteiger charge is 2.23. The van der Waals surface area contributed by atoms with Crippen LogP contribution in [0.15, 0.2) is 30.3 Å². The van der Waals surface area contributed by atoms with Crippen LogP contribution in [0.25, 0.3) is 11.3 Å². The van der Waals surface area contributed by atoms with Gasteiger partial charge >= 0.3 is 5.97 Å². The van der Waals surface area contributed by atoms with E-state index in [1.807, 2.05) is 18.2 Å². The lowest BCUT2D eigenvalue weighted by atomic mass is 9.82. The van der Waals surface area contributed by atoms with Gasteiger partial charge in [-0.05, 0) is 67.0 Å². The molecule has 0 atom stereocenters. The summed E-state index contributed by atoms with van der Waals surface area (Å²) < 4.78 is 8.65. The fourth-order valence-electron chi connectivity index (χ4n) is 3.62. The van der Waals surface area contributed by atoms with Gasteiger partial charge in [-0.3, -0.25) is 4.68 Å². The normalized spacial score (nSPS) is 20.2. The summed E-state index contributed by atoms with van der Waals surface area (Å²) in [5.41, 5.74) is 3.47. The highest BCUT2D eigenvalue weighted by Crippen LogP contribution is 2.32. The summed E-state index contributed by atoms with van der Waals surface area (Å²) in [6.07, 6.45) is 4.51. The van der Waals surface area contributed by atoms with Crippen LogP contribution in [-0.2, 0) is 16.1 Å². The Labute approximate surface area is 167 Å². The van der Waals surface area contributed by atoms with Crippen LogP contribution in [0.3, 0.4) is 0 Å². The summed E-state index contributed by atoms with van der Waals surface area (Å²) in [6.45, 7) is 3.48. The van der Waals surface area contributed by atoms with Gasteiger partial charge in [-0.2, -0.15) is 5.10 Å². The van der Waals surface area contributed by atoms with E-state index in [9.17, 15) is 4.79 Å². The zero-order valence-electron chi connectivity index (χ0n) is 15.0. The number of hydrogen-bond acceptors (Lipinski definition) is 3. The molecule has 0 spiro atoms. The first-order valence-electron chi connectivity index (χ1n) is 9.12. The van der Waals surface area contributed by atoms with Gasteiger partial charge in [0, 0.05) is 17.8 Å². The molecule has 1 saturated carbocycles. The minimum Gasteiger partial charge on any atom is -0.480 e. The lowest BCUT2D eigenvalue weighted by molar-refractivity contribution is -0.142. The Balaban J connectivity index is 1.56. The smallest absolute Gasteiger partial charge is 0.329 e. The van der Waals surface area contributed by atoms with Gasteiger partial charge in [-0.1, -0.05) is 30.3 Å². The number of nitrogens with zero attached hydrogens (tertiary/aromatic N) is 2. The maximum Gasteiger partial charge on any atom is 0.329 e. The van der Waals surface area contributed by atoms with Gasteiger partial charge in [0.05, 0.1) is 10.2 Å². The Hall–Kier alpha value is -1.41. The van der Waals surface area contributed by atoms with Crippen molar-refractivity contribution < 1.29 is 14.6 Å². The van der Waals surface area contributed by atoms with Crippen molar-refractivity contribution in [2.75, 3.05) is 13.2 Å². The van der Waals surface area contributed by atoms with Gasteiger partial charge < -0.3 is 9.84 Å². The van der Waals surface area contributed by atoms with E-state index in [2.05, 4.69) is 46.3 Å². The van der Waals surface area contributed by atoms with Crippen LogP contribution in [0.1, 0.15) is 31.4 Å². The maximum absolute atomic E-state index is 10.5. The summed E-state index contributed by atoms with van der Waals surface area (Å²) in [4.78, 5) is 10.5. The van der Waals surface area contributed by atoms with Crippen molar-refractivity contribution in [1.29, 1.82) is 0 Å². The molecule has 5 nitrogen and oxygen atoms in total. The summed E-state index contributed by atoms with van der Waals surface area (Å²) in [5.74, 6) is 0.227. The van der Waals surface area contributed by atoms with Crippen molar-refractivity contribution in [3.63, 3.8) is 0 Å². The van der Waals surface area contributed by atoms with Gasteiger partial charge in [-0.25, -0.2) is 4.79 Å². The third kappa shape index (κ3) is 4.85. The summed E-state index contributed by atoms with van der Waals surface area (Å²) in [7, 11) is 0. The molecule has 0 saturated heterocycles. The highest BCUT2D eigenvalue weighted by atomic mass is 127. The van der Waals surface area contributed by atoms with Crippen LogP contribution >= 0.6 is 22.6 Å². The lowest BCUT2D eigenvalue weighted by Crippen LogP contribution is -2.23. The van der Waals surface area contributed by atoms with Crippen molar-refractivity contribution in [1.82, 2.24) is 9.78 Å². The number of hydrogen-bond donors (Lipinski definition) is 1. The maximum atomic E-state index is 10.5. The Morgan fingerprint density at radius 2 is 1.88 bits per heavy atom. The van der Waals surface area contributed by atoms with Gasteiger partial charge in [0.25, 0.3) is 0 Å². The fraction of sp³-hybridized carbons (Fsp3) is 0.500. The number of aliphatic carboxylic acids is 1. The zero-order chi connectivity index (χ0) is 18.5. The molecule has 1 aromatic carbocycles. The second kappa shape index (κ2) is 8.99. The average Bonchev–Trinajstić information content (AvgIpc) is 2.92. The molecule has 140 valence electrons. The first kappa shape index (κ1) is 19.4. The standard InChI is InChI=1S/C20H25IN2O3/c1-14-19(21)20(17-5-3-2-4-6-17)22-23(14)11-15-7-9-16(10-8-15)12-26-13-18(24)25/h2-6,15-16H,7-13H2,1H3,(H,24,25). The molecular formula is C20H25IN2O3. The summed E-state index contributed by atoms with van der Waals surface area (Å²) in [6, 6.07) is 10.3. The van der Waals surface area contributed by atoms with E-state index in [1.54, 1.807) is 0 Å². The van der Waals surface area contributed by atoms with Crippen molar-refractivity contribution in [3.8, 4) is 11.3 Å². The van der Waals surface area contributed by atoms with E-state index >= 15 is 0 Å². The molecular weight excluding hydrogens is 443 g/mol. The number of carboxylic acid groups (broad SMARTS) is 1. The fourth-order valence-corrected chi connectivity index (χ4v) is 4.32. The quantitative estimate of drug-likeness (QED) is 0.614. The molecule has 0 bridgehead atoms. The van der Waals surface area contributed by atoms with Gasteiger partial charge in [-0.15, -0.1) is 0 Å². The molecule has 1 N–H and O–H groups in total. The summed E-state index contributed by atoms with van der Waals surface area (Å²) >= 11 is 2.40. The Morgan fingerprint density at radius 1 is 1.23 bits per heavy atom. The average molecular weight is 468 g/mol. The monoisotopic (exact) mass is 468 g/mol. The SMILES string of the molecule is Cc1c(I)c(-c2ccccc2)nn1CC1CCC(COCC(=O)O)CC1. The largest absolute Gasteiger partial charge is 0.480 e. The predicted molar refractivity (Wildman–Crippen MR) is 109 cm³/mol. The number of ether oxygens (including phenoxy) is 1. The van der Waals surface area contributed by atoms with Gasteiger partial charge in [0.15, 0.2) is 0 Å². The molecule has 1 heterocycles. The van der Waals surface area contributed by atoms with E-state index in [0.717, 1.165) is 43.5 Å². The molecule has 3 rings (SSSR count). The third-order valence-electron chi connectivity index (χ3n) is 5.16. The number of aromatic nitrogens is 2. The molecule has 26 heavy (non-hydrogen) atoms. The van der Waals surface area contributed by atoms with Crippen LogP contribution in [0.5, 0.6) is 0 Å². The van der Waals surface area contributed by atoms with Gasteiger partial charge in [0.2, 0.25) is 0 Å². The number of carboxylic acids is 1. The molecule has 0 unspecified atom stereocenters. The van der Waals surface area contributed by atoms with Crippen LogP contribution < -0.4 is 0 Å². The minimum atomic E-state index is -0.892. The zero-order valence-corrected chi connectivity index (χ0v) is 17.2. The molecule has 1 aromatic heterocycles. The number of carbonyl (C=O) groups is 1. The molecule has 1 aliphatic carbocycles. The van der Waals surface area contributed by atoms with E-state index in [0.29, 0.717) is 18.4 Å². The Kier molecular flexibility index (Phi) is 6.69. The van der Waals surface area contributed by atoms with Crippen LogP contribution in [0, 0.1) is 22.3 Å². The van der Waals surface area contributed by atoms with Crippen molar-refractivity contribution >= 4 is 28.6 Å². The molecule has 0 aliphatic heterocycles. The number of rotatable bonds is 7. The van der Waals surface area contributed by atoms with Crippen LogP contribution in [0.4, 0.5) is 0 Å². The Morgan fingerprint density at radius 3 is 2.54 bits per heavy atom. The first-order chi connectivity index (χ1) is 12.5. The lowest BCUT2D eigenvalue weighted by Gasteiger charge is -2.28. The predicted octanol–water partition coefficient (Wildman–Crippen LogP) is 4.37.